The van der Waals surface area contributed by atoms with Gasteiger partial charge >= 0.3 is 0 Å². The SMILES string of the molecule is CN(C)C(=O)CCCCN1CCC(C(O)(c2ccccc2)c2ccc(F)cc2)CC1. The number of carbonyl (C=O) groups excluding carboxylic acids is 1. The number of halogens is 1. The number of hydrogen-bond acceptors (Lipinski definition) is 3. The number of aliphatic hydroxyl groups is 1. The number of benzene rings is 2. The molecule has 162 valence electrons. The molecule has 1 aliphatic rings. The molecule has 0 spiro atoms. The van der Waals surface area contributed by atoms with Crippen molar-refractivity contribution in [2.75, 3.05) is 33.7 Å². The predicted molar refractivity (Wildman–Crippen MR) is 118 cm³/mol. The van der Waals surface area contributed by atoms with Crippen LogP contribution in [0.25, 0.3) is 0 Å². The van der Waals surface area contributed by atoms with Crippen molar-refractivity contribution in [3.63, 3.8) is 0 Å². The van der Waals surface area contributed by atoms with Crippen LogP contribution in [0.4, 0.5) is 4.39 Å². The number of likely N-dealkylation sites (tertiary alicyclic amines) is 1. The molecule has 1 N–H and O–H groups in total. The first kappa shape index (κ1) is 22.4. The topological polar surface area (TPSA) is 43.8 Å². The van der Waals surface area contributed by atoms with Crippen LogP contribution in [0.3, 0.4) is 0 Å². The van der Waals surface area contributed by atoms with Gasteiger partial charge in [0.2, 0.25) is 5.91 Å². The van der Waals surface area contributed by atoms with Crippen molar-refractivity contribution in [1.29, 1.82) is 0 Å². The maximum absolute atomic E-state index is 13.5. The second kappa shape index (κ2) is 10.2. The molecule has 0 saturated carbocycles. The summed E-state index contributed by atoms with van der Waals surface area (Å²) in [4.78, 5) is 15.8. The molecule has 0 radical (unpaired) electrons. The third kappa shape index (κ3) is 5.27. The highest BCUT2D eigenvalue weighted by Gasteiger charge is 2.41. The van der Waals surface area contributed by atoms with E-state index in [1.807, 2.05) is 30.3 Å². The molecule has 0 aliphatic carbocycles. The van der Waals surface area contributed by atoms with Gasteiger partial charge in [0.1, 0.15) is 11.4 Å². The Bertz CT molecular complexity index is 802. The third-order valence-corrected chi connectivity index (χ3v) is 6.29. The molecule has 1 atom stereocenters. The van der Waals surface area contributed by atoms with Crippen LogP contribution in [0.1, 0.15) is 43.2 Å². The Labute approximate surface area is 179 Å². The quantitative estimate of drug-likeness (QED) is 0.666. The van der Waals surface area contributed by atoms with E-state index in [9.17, 15) is 14.3 Å². The molecule has 1 fully saturated rings. The summed E-state index contributed by atoms with van der Waals surface area (Å²) in [5, 5.41) is 11.9. The Morgan fingerprint density at radius 3 is 2.23 bits per heavy atom. The predicted octanol–water partition coefficient (Wildman–Crippen LogP) is 4.03. The van der Waals surface area contributed by atoms with Gasteiger partial charge in [-0.2, -0.15) is 0 Å². The summed E-state index contributed by atoms with van der Waals surface area (Å²) in [7, 11) is 3.59. The minimum absolute atomic E-state index is 0.0666. The van der Waals surface area contributed by atoms with E-state index in [-0.39, 0.29) is 17.6 Å². The lowest BCUT2D eigenvalue weighted by Gasteiger charge is -2.42. The first-order valence-electron chi connectivity index (χ1n) is 10.9. The molecule has 0 aromatic heterocycles. The van der Waals surface area contributed by atoms with Crippen LogP contribution in [-0.4, -0.2) is 54.5 Å². The van der Waals surface area contributed by atoms with Crippen molar-refractivity contribution >= 4 is 5.91 Å². The van der Waals surface area contributed by atoms with E-state index in [0.29, 0.717) is 6.42 Å². The first-order valence-corrected chi connectivity index (χ1v) is 10.9. The largest absolute Gasteiger partial charge is 0.380 e. The van der Waals surface area contributed by atoms with Gasteiger partial charge in [0.25, 0.3) is 0 Å². The van der Waals surface area contributed by atoms with Gasteiger partial charge in [0.15, 0.2) is 0 Å². The van der Waals surface area contributed by atoms with Gasteiger partial charge < -0.3 is 14.9 Å². The van der Waals surface area contributed by atoms with Crippen LogP contribution in [0.15, 0.2) is 54.6 Å². The highest BCUT2D eigenvalue weighted by atomic mass is 19.1. The van der Waals surface area contributed by atoms with E-state index in [1.165, 1.54) is 12.1 Å². The monoisotopic (exact) mass is 412 g/mol. The van der Waals surface area contributed by atoms with Crippen molar-refractivity contribution in [2.45, 2.75) is 37.7 Å². The zero-order valence-corrected chi connectivity index (χ0v) is 18.1. The van der Waals surface area contributed by atoms with Crippen LogP contribution in [0.5, 0.6) is 0 Å². The highest BCUT2D eigenvalue weighted by Crippen LogP contribution is 2.42. The molecule has 2 aromatic carbocycles. The fourth-order valence-electron chi connectivity index (χ4n) is 4.44. The van der Waals surface area contributed by atoms with Crippen molar-refractivity contribution in [2.24, 2.45) is 5.92 Å². The second-order valence-electron chi connectivity index (χ2n) is 8.50. The van der Waals surface area contributed by atoms with Crippen molar-refractivity contribution < 1.29 is 14.3 Å². The lowest BCUT2D eigenvalue weighted by molar-refractivity contribution is -0.128. The minimum atomic E-state index is -1.13. The summed E-state index contributed by atoms with van der Waals surface area (Å²) in [6, 6.07) is 16.0. The van der Waals surface area contributed by atoms with Crippen molar-refractivity contribution in [3.05, 3.63) is 71.5 Å². The molecule has 1 unspecified atom stereocenters. The van der Waals surface area contributed by atoms with Gasteiger partial charge in [-0.3, -0.25) is 4.79 Å². The van der Waals surface area contributed by atoms with Crippen molar-refractivity contribution in [3.8, 4) is 0 Å². The van der Waals surface area contributed by atoms with Crippen LogP contribution < -0.4 is 0 Å². The van der Waals surface area contributed by atoms with Crippen LogP contribution in [-0.2, 0) is 10.4 Å². The van der Waals surface area contributed by atoms with Crippen LogP contribution in [0, 0.1) is 11.7 Å². The van der Waals surface area contributed by atoms with Gasteiger partial charge in [-0.25, -0.2) is 4.39 Å². The maximum Gasteiger partial charge on any atom is 0.222 e. The summed E-state index contributed by atoms with van der Waals surface area (Å²) < 4.78 is 13.5. The summed E-state index contributed by atoms with van der Waals surface area (Å²) in [6.07, 6.45) is 4.26. The molecule has 4 nitrogen and oxygen atoms in total. The zero-order valence-electron chi connectivity index (χ0n) is 18.1. The number of amides is 1. The normalized spacial score (nSPS) is 17.5. The van der Waals surface area contributed by atoms with Gasteiger partial charge in [-0.05, 0) is 74.5 Å². The Morgan fingerprint density at radius 2 is 1.63 bits per heavy atom. The number of rotatable bonds is 8. The van der Waals surface area contributed by atoms with Gasteiger partial charge in [0.05, 0.1) is 0 Å². The summed E-state index contributed by atoms with van der Waals surface area (Å²) in [5.74, 6) is -0.0467. The van der Waals surface area contributed by atoms with E-state index in [4.69, 9.17) is 0 Å². The average Bonchev–Trinajstić information content (AvgIpc) is 2.77. The molecule has 5 heteroatoms. The molecule has 1 heterocycles. The van der Waals surface area contributed by atoms with Gasteiger partial charge in [-0.1, -0.05) is 42.5 Å². The van der Waals surface area contributed by atoms with E-state index in [0.717, 1.165) is 56.4 Å². The Kier molecular flexibility index (Phi) is 7.62. The Morgan fingerprint density at radius 1 is 1.03 bits per heavy atom. The fourth-order valence-corrected chi connectivity index (χ4v) is 4.44. The molecule has 0 bridgehead atoms. The average molecular weight is 413 g/mol. The van der Waals surface area contributed by atoms with E-state index < -0.39 is 5.60 Å². The summed E-state index contributed by atoms with van der Waals surface area (Å²) >= 11 is 0. The van der Waals surface area contributed by atoms with E-state index in [2.05, 4.69) is 4.90 Å². The van der Waals surface area contributed by atoms with Gasteiger partial charge in [0, 0.05) is 20.5 Å². The van der Waals surface area contributed by atoms with E-state index in [1.54, 1.807) is 31.1 Å². The first-order chi connectivity index (χ1) is 14.4. The molecule has 30 heavy (non-hydrogen) atoms. The van der Waals surface area contributed by atoms with Crippen LogP contribution in [0.2, 0.25) is 0 Å². The summed E-state index contributed by atoms with van der Waals surface area (Å²) in [5.41, 5.74) is 0.479. The standard InChI is InChI=1S/C25H33FN2O2/c1-27(2)24(29)10-6-7-17-28-18-15-22(16-19-28)25(30,20-8-4-3-5-9-20)21-11-13-23(26)14-12-21/h3-5,8-9,11-14,22,30H,6-7,10,15-19H2,1-2H3. The molecule has 3 rings (SSSR count). The van der Waals surface area contributed by atoms with E-state index >= 15 is 0 Å². The molecular formula is C25H33FN2O2. The molecule has 1 saturated heterocycles. The number of piperidine rings is 1. The zero-order chi connectivity index (χ0) is 21.6. The minimum Gasteiger partial charge on any atom is -0.380 e. The molecular weight excluding hydrogens is 379 g/mol. The highest BCUT2D eigenvalue weighted by molar-refractivity contribution is 5.75. The summed E-state index contributed by atoms with van der Waals surface area (Å²) in [6.45, 7) is 2.82. The van der Waals surface area contributed by atoms with Crippen molar-refractivity contribution in [1.82, 2.24) is 9.80 Å². The van der Waals surface area contributed by atoms with Gasteiger partial charge in [-0.15, -0.1) is 0 Å². The second-order valence-corrected chi connectivity index (χ2v) is 8.50. The van der Waals surface area contributed by atoms with Crippen LogP contribution >= 0.6 is 0 Å². The lowest BCUT2D eigenvalue weighted by Crippen LogP contribution is -2.44. The number of hydrogen-bond donors (Lipinski definition) is 1. The number of carbonyl (C=O) groups is 1. The fraction of sp³-hybridized carbons (Fsp3) is 0.480. The number of nitrogens with zero attached hydrogens (tertiary/aromatic N) is 2. The maximum atomic E-state index is 13.5. The third-order valence-electron chi connectivity index (χ3n) is 6.29. The Hall–Kier alpha value is -2.24. The smallest absolute Gasteiger partial charge is 0.222 e. The molecule has 1 aliphatic heterocycles. The molecule has 2 aromatic rings. The Balaban J connectivity index is 1.63. The number of unbranched alkanes of at least 4 members (excludes halogenated alkanes) is 1. The lowest BCUT2D eigenvalue weighted by atomic mass is 9.72. The molecule has 1 amide bonds.